The average Bonchev–Trinajstić information content (AvgIpc) is 3.03. The van der Waals surface area contributed by atoms with Crippen molar-refractivity contribution in [3.05, 3.63) is 40.9 Å². The molecule has 1 aromatic heterocycles. The average molecular weight is 359 g/mol. The van der Waals surface area contributed by atoms with E-state index in [0.717, 1.165) is 25.1 Å². The van der Waals surface area contributed by atoms with Gasteiger partial charge in [-0.05, 0) is 62.8 Å². The third kappa shape index (κ3) is 3.17. The molecule has 1 saturated carbocycles. The third-order valence-electron chi connectivity index (χ3n) is 5.54. The van der Waals surface area contributed by atoms with E-state index in [1.54, 1.807) is 4.68 Å². The quantitative estimate of drug-likeness (QED) is 0.814. The van der Waals surface area contributed by atoms with E-state index in [0.29, 0.717) is 28.6 Å². The highest BCUT2D eigenvalue weighted by Crippen LogP contribution is 2.35. The minimum absolute atomic E-state index is 0.0209. The molecule has 0 unspecified atom stereocenters. The molecule has 0 N–H and O–H groups in total. The van der Waals surface area contributed by atoms with Crippen molar-refractivity contribution < 1.29 is 4.79 Å². The zero-order valence-corrected chi connectivity index (χ0v) is 15.2. The lowest BCUT2D eigenvalue weighted by Crippen LogP contribution is -2.49. The van der Waals surface area contributed by atoms with Crippen molar-refractivity contribution in [2.45, 2.75) is 51.5 Å². The van der Waals surface area contributed by atoms with E-state index >= 15 is 0 Å². The molecule has 0 radical (unpaired) electrons. The first-order chi connectivity index (χ1) is 12.1. The molecule has 25 heavy (non-hydrogen) atoms. The van der Waals surface area contributed by atoms with Crippen molar-refractivity contribution in [1.82, 2.24) is 19.7 Å². The van der Waals surface area contributed by atoms with Crippen LogP contribution in [-0.4, -0.2) is 38.2 Å². The number of carbonyl (C=O) groups is 1. The van der Waals surface area contributed by atoms with Crippen LogP contribution in [0.5, 0.6) is 0 Å². The van der Waals surface area contributed by atoms with Crippen LogP contribution in [0.2, 0.25) is 5.02 Å². The van der Waals surface area contributed by atoms with E-state index in [4.69, 9.17) is 11.6 Å². The Balaban J connectivity index is 1.60. The fourth-order valence-corrected chi connectivity index (χ4v) is 4.44. The lowest BCUT2D eigenvalue weighted by Gasteiger charge is -2.43. The number of halogens is 1. The molecule has 0 bridgehead atoms. The number of nitrogens with zero attached hydrogens (tertiary/aromatic N) is 4. The summed E-state index contributed by atoms with van der Waals surface area (Å²) in [5, 5.41) is 5.17. The summed E-state index contributed by atoms with van der Waals surface area (Å²) in [7, 11) is 0. The van der Waals surface area contributed by atoms with E-state index in [1.807, 2.05) is 36.1 Å². The Morgan fingerprint density at radius 2 is 1.84 bits per heavy atom. The van der Waals surface area contributed by atoms with E-state index < -0.39 is 0 Å². The maximum Gasteiger partial charge on any atom is 0.293 e. The first kappa shape index (κ1) is 16.6. The minimum atomic E-state index is -0.0209. The molecule has 6 heteroatoms. The Kier molecular flexibility index (Phi) is 4.50. The Morgan fingerprint density at radius 1 is 1.12 bits per heavy atom. The second-order valence-corrected chi connectivity index (χ2v) is 7.56. The van der Waals surface area contributed by atoms with E-state index in [-0.39, 0.29) is 5.91 Å². The Morgan fingerprint density at radius 3 is 2.64 bits per heavy atom. The van der Waals surface area contributed by atoms with Gasteiger partial charge in [0.25, 0.3) is 5.91 Å². The highest BCUT2D eigenvalue weighted by Gasteiger charge is 2.37. The van der Waals surface area contributed by atoms with Crippen molar-refractivity contribution >= 4 is 17.5 Å². The molecule has 2 fully saturated rings. The zero-order chi connectivity index (χ0) is 17.4. The molecule has 2 aliphatic rings. The van der Waals surface area contributed by atoms with Crippen LogP contribution in [0.15, 0.2) is 24.3 Å². The predicted molar refractivity (Wildman–Crippen MR) is 97.1 cm³/mol. The number of benzene rings is 1. The Labute approximate surface area is 153 Å². The van der Waals surface area contributed by atoms with Crippen LogP contribution in [0, 0.1) is 12.8 Å². The Bertz CT molecular complexity index is 768. The van der Waals surface area contributed by atoms with Crippen molar-refractivity contribution in [1.29, 1.82) is 0 Å². The molecule has 2 heterocycles. The largest absolute Gasteiger partial charge is 0.333 e. The van der Waals surface area contributed by atoms with E-state index in [9.17, 15) is 4.79 Å². The van der Waals surface area contributed by atoms with Crippen LogP contribution in [-0.2, 0) is 0 Å². The Hall–Kier alpha value is -1.88. The molecule has 132 valence electrons. The summed E-state index contributed by atoms with van der Waals surface area (Å²) in [6.07, 6.45) is 7.22. The maximum atomic E-state index is 13.1. The van der Waals surface area contributed by atoms with Gasteiger partial charge in [-0.25, -0.2) is 9.67 Å². The summed E-state index contributed by atoms with van der Waals surface area (Å²) in [5.41, 5.74) is 0.864. The molecule has 1 aliphatic heterocycles. The van der Waals surface area contributed by atoms with Gasteiger partial charge in [0.2, 0.25) is 5.82 Å². The molecule has 2 atom stereocenters. The van der Waals surface area contributed by atoms with Crippen LogP contribution >= 0.6 is 11.6 Å². The van der Waals surface area contributed by atoms with Crippen molar-refractivity contribution in [2.24, 2.45) is 5.92 Å². The van der Waals surface area contributed by atoms with Crippen molar-refractivity contribution in [3.8, 4) is 5.69 Å². The number of carbonyl (C=O) groups excluding carboxylic acids is 1. The molecule has 5 nitrogen and oxygen atoms in total. The van der Waals surface area contributed by atoms with Gasteiger partial charge in [-0.1, -0.05) is 24.4 Å². The third-order valence-corrected chi connectivity index (χ3v) is 5.79. The first-order valence-electron chi connectivity index (χ1n) is 9.14. The van der Waals surface area contributed by atoms with Gasteiger partial charge in [0.15, 0.2) is 0 Å². The standard InChI is InChI=1S/C19H23ClN4O/c1-13-21-18(22-24(13)16-10-8-15(20)9-11-16)19(25)23-12-4-6-14-5-2-3-7-17(14)23/h8-11,14,17H,2-7,12H2,1H3/t14-,17+/m0/s1. The summed E-state index contributed by atoms with van der Waals surface area (Å²) < 4.78 is 1.71. The normalized spacial score (nSPS) is 23.4. The van der Waals surface area contributed by atoms with Gasteiger partial charge >= 0.3 is 0 Å². The molecule has 1 saturated heterocycles. The monoisotopic (exact) mass is 358 g/mol. The van der Waals surface area contributed by atoms with Crippen LogP contribution < -0.4 is 0 Å². The fraction of sp³-hybridized carbons (Fsp3) is 0.526. The second-order valence-electron chi connectivity index (χ2n) is 7.12. The first-order valence-corrected chi connectivity index (χ1v) is 9.52. The van der Waals surface area contributed by atoms with Crippen LogP contribution in [0.4, 0.5) is 0 Å². The zero-order valence-electron chi connectivity index (χ0n) is 14.5. The van der Waals surface area contributed by atoms with Gasteiger partial charge in [0, 0.05) is 17.6 Å². The van der Waals surface area contributed by atoms with Gasteiger partial charge in [-0.2, -0.15) is 0 Å². The molecular weight excluding hydrogens is 336 g/mol. The number of hydrogen-bond donors (Lipinski definition) is 0. The molecule has 0 spiro atoms. The summed E-state index contributed by atoms with van der Waals surface area (Å²) in [5.74, 6) is 1.65. The number of rotatable bonds is 2. The number of amides is 1. The summed E-state index contributed by atoms with van der Waals surface area (Å²) in [6.45, 7) is 2.70. The smallest absolute Gasteiger partial charge is 0.293 e. The number of aromatic nitrogens is 3. The minimum Gasteiger partial charge on any atom is -0.333 e. The number of fused-ring (bicyclic) bond motifs is 1. The van der Waals surface area contributed by atoms with Crippen molar-refractivity contribution in [2.75, 3.05) is 6.54 Å². The molecular formula is C19H23ClN4O. The van der Waals surface area contributed by atoms with Gasteiger partial charge in [0.05, 0.1) is 5.69 Å². The number of piperidine rings is 1. The van der Waals surface area contributed by atoms with Gasteiger partial charge in [-0.3, -0.25) is 4.79 Å². The molecule has 1 amide bonds. The van der Waals surface area contributed by atoms with Gasteiger partial charge in [0.1, 0.15) is 5.82 Å². The number of aryl methyl sites for hydroxylation is 1. The van der Waals surface area contributed by atoms with Crippen molar-refractivity contribution in [3.63, 3.8) is 0 Å². The van der Waals surface area contributed by atoms with Gasteiger partial charge < -0.3 is 4.90 Å². The maximum absolute atomic E-state index is 13.1. The second kappa shape index (κ2) is 6.79. The summed E-state index contributed by atoms with van der Waals surface area (Å²) in [4.78, 5) is 19.6. The molecule has 4 rings (SSSR count). The van der Waals surface area contributed by atoms with Gasteiger partial charge in [-0.15, -0.1) is 5.10 Å². The predicted octanol–water partition coefficient (Wildman–Crippen LogP) is 4.02. The van der Waals surface area contributed by atoms with E-state index in [2.05, 4.69) is 10.1 Å². The number of likely N-dealkylation sites (tertiary alicyclic amines) is 1. The van der Waals surface area contributed by atoms with Crippen LogP contribution in [0.3, 0.4) is 0 Å². The highest BCUT2D eigenvalue weighted by molar-refractivity contribution is 6.30. The SMILES string of the molecule is Cc1nc(C(=O)N2CCC[C@@H]3CCCC[C@H]32)nn1-c1ccc(Cl)cc1. The molecule has 1 aliphatic carbocycles. The van der Waals surface area contributed by atoms with Crippen LogP contribution in [0.25, 0.3) is 5.69 Å². The lowest BCUT2D eigenvalue weighted by molar-refractivity contribution is 0.0379. The summed E-state index contributed by atoms with van der Waals surface area (Å²) in [6, 6.07) is 7.78. The summed E-state index contributed by atoms with van der Waals surface area (Å²) >= 11 is 5.95. The van der Waals surface area contributed by atoms with Crippen LogP contribution in [0.1, 0.15) is 55.0 Å². The lowest BCUT2D eigenvalue weighted by atomic mass is 9.78. The molecule has 2 aromatic rings. The fourth-order valence-electron chi connectivity index (χ4n) is 4.31. The van der Waals surface area contributed by atoms with E-state index in [1.165, 1.54) is 25.7 Å². The topological polar surface area (TPSA) is 51.0 Å². The number of hydrogen-bond acceptors (Lipinski definition) is 3. The highest BCUT2D eigenvalue weighted by atomic mass is 35.5. The molecule has 1 aromatic carbocycles.